The van der Waals surface area contributed by atoms with E-state index in [-0.39, 0.29) is 0 Å². The van der Waals surface area contributed by atoms with Crippen LogP contribution in [0.3, 0.4) is 0 Å². The topological polar surface area (TPSA) is 58.9 Å². The van der Waals surface area contributed by atoms with E-state index in [4.69, 9.17) is 4.42 Å². The number of fused-ring (bicyclic) bond motifs is 1. The van der Waals surface area contributed by atoms with Crippen LogP contribution in [0.2, 0.25) is 0 Å². The van der Waals surface area contributed by atoms with Gasteiger partial charge >= 0.3 is 5.76 Å². The van der Waals surface area contributed by atoms with Crippen molar-refractivity contribution in [3.8, 4) is 0 Å². The SMILES string of the molecule is CC(C)c1ccnc2oc(=O)[nH]c12. The van der Waals surface area contributed by atoms with E-state index < -0.39 is 5.76 Å². The van der Waals surface area contributed by atoms with Gasteiger partial charge in [0.2, 0.25) is 5.71 Å². The predicted octanol–water partition coefficient (Wildman–Crippen LogP) is 1.64. The number of aromatic nitrogens is 2. The van der Waals surface area contributed by atoms with Crippen LogP contribution in [0.5, 0.6) is 0 Å². The fourth-order valence-corrected chi connectivity index (χ4v) is 1.36. The van der Waals surface area contributed by atoms with Gasteiger partial charge in [-0.25, -0.2) is 9.78 Å². The van der Waals surface area contributed by atoms with Crippen molar-refractivity contribution in [2.45, 2.75) is 19.8 Å². The van der Waals surface area contributed by atoms with Crippen molar-refractivity contribution in [3.63, 3.8) is 0 Å². The highest BCUT2D eigenvalue weighted by atomic mass is 16.4. The number of hydrogen-bond acceptors (Lipinski definition) is 3. The van der Waals surface area contributed by atoms with Gasteiger partial charge in [-0.1, -0.05) is 13.8 Å². The summed E-state index contributed by atoms with van der Waals surface area (Å²) in [6.07, 6.45) is 1.65. The van der Waals surface area contributed by atoms with Gasteiger partial charge in [-0.05, 0) is 17.5 Å². The zero-order valence-corrected chi connectivity index (χ0v) is 7.50. The third-order valence-corrected chi connectivity index (χ3v) is 1.99. The molecule has 4 heteroatoms. The zero-order chi connectivity index (χ0) is 9.42. The molecule has 4 nitrogen and oxygen atoms in total. The number of nitrogens with zero attached hydrogens (tertiary/aromatic N) is 1. The summed E-state index contributed by atoms with van der Waals surface area (Å²) in [5.74, 6) is -0.102. The lowest BCUT2D eigenvalue weighted by Gasteiger charge is -2.03. The summed E-state index contributed by atoms with van der Waals surface area (Å²) < 4.78 is 4.84. The molecule has 0 aliphatic heterocycles. The number of rotatable bonds is 1. The van der Waals surface area contributed by atoms with E-state index in [1.165, 1.54) is 0 Å². The molecule has 13 heavy (non-hydrogen) atoms. The van der Waals surface area contributed by atoms with Crippen molar-refractivity contribution in [1.82, 2.24) is 9.97 Å². The van der Waals surface area contributed by atoms with Crippen LogP contribution in [-0.2, 0) is 0 Å². The van der Waals surface area contributed by atoms with Gasteiger partial charge in [0.15, 0.2) is 0 Å². The second-order valence-electron chi connectivity index (χ2n) is 3.25. The molecule has 0 bridgehead atoms. The average Bonchev–Trinajstić information content (AvgIpc) is 2.43. The summed E-state index contributed by atoms with van der Waals surface area (Å²) in [5.41, 5.74) is 2.15. The van der Waals surface area contributed by atoms with E-state index >= 15 is 0 Å². The molecule has 0 saturated carbocycles. The van der Waals surface area contributed by atoms with Crippen LogP contribution in [0, 0.1) is 0 Å². The standard InChI is InChI=1S/C9H10N2O2/c1-5(2)6-3-4-10-8-7(6)11-9(12)13-8/h3-5H,1-2H3,(H,11,12). The molecule has 0 radical (unpaired) electrons. The number of pyridine rings is 1. The van der Waals surface area contributed by atoms with Gasteiger partial charge in [0, 0.05) is 6.20 Å². The average molecular weight is 178 g/mol. The molecule has 0 unspecified atom stereocenters. The Labute approximate surface area is 74.6 Å². The summed E-state index contributed by atoms with van der Waals surface area (Å²) in [6, 6.07) is 1.89. The molecule has 2 aromatic rings. The van der Waals surface area contributed by atoms with E-state index in [9.17, 15) is 4.79 Å². The number of hydrogen-bond donors (Lipinski definition) is 1. The minimum absolute atomic E-state index is 0.346. The molecule has 0 aliphatic carbocycles. The predicted molar refractivity (Wildman–Crippen MR) is 48.7 cm³/mol. The molecule has 0 amide bonds. The van der Waals surface area contributed by atoms with Crippen molar-refractivity contribution in [2.75, 3.05) is 0 Å². The molecule has 1 N–H and O–H groups in total. The molecule has 0 aliphatic rings. The fraction of sp³-hybridized carbons (Fsp3) is 0.333. The van der Waals surface area contributed by atoms with Gasteiger partial charge in [-0.2, -0.15) is 0 Å². The van der Waals surface area contributed by atoms with Gasteiger partial charge < -0.3 is 4.42 Å². The van der Waals surface area contributed by atoms with Crippen molar-refractivity contribution in [1.29, 1.82) is 0 Å². The zero-order valence-electron chi connectivity index (χ0n) is 7.50. The van der Waals surface area contributed by atoms with E-state index in [1.807, 2.05) is 6.07 Å². The second kappa shape index (κ2) is 2.73. The molecule has 0 atom stereocenters. The van der Waals surface area contributed by atoms with Crippen LogP contribution in [0.4, 0.5) is 0 Å². The molecule has 0 spiro atoms. The Bertz CT molecular complexity index is 482. The van der Waals surface area contributed by atoms with Crippen LogP contribution < -0.4 is 5.76 Å². The summed E-state index contributed by atoms with van der Waals surface area (Å²) in [5, 5.41) is 0. The minimum Gasteiger partial charge on any atom is -0.389 e. The molecular formula is C9H10N2O2. The van der Waals surface area contributed by atoms with E-state index in [1.54, 1.807) is 6.20 Å². The summed E-state index contributed by atoms with van der Waals surface area (Å²) in [6.45, 7) is 4.11. The maximum absolute atomic E-state index is 10.9. The van der Waals surface area contributed by atoms with Crippen LogP contribution in [0.15, 0.2) is 21.5 Å². The Hall–Kier alpha value is -1.58. The molecule has 2 heterocycles. The monoisotopic (exact) mass is 178 g/mol. The third kappa shape index (κ3) is 1.24. The molecular weight excluding hydrogens is 168 g/mol. The molecule has 0 fully saturated rings. The van der Waals surface area contributed by atoms with Crippen molar-refractivity contribution >= 4 is 11.2 Å². The minimum atomic E-state index is -0.449. The Morgan fingerprint density at radius 1 is 1.54 bits per heavy atom. The first-order valence-electron chi connectivity index (χ1n) is 4.16. The lowest BCUT2D eigenvalue weighted by atomic mass is 10.0. The van der Waals surface area contributed by atoms with Crippen molar-refractivity contribution in [2.24, 2.45) is 0 Å². The second-order valence-corrected chi connectivity index (χ2v) is 3.25. The van der Waals surface area contributed by atoms with E-state index in [2.05, 4.69) is 23.8 Å². The van der Waals surface area contributed by atoms with Gasteiger partial charge in [-0.15, -0.1) is 0 Å². The first kappa shape index (κ1) is 8.04. The van der Waals surface area contributed by atoms with Gasteiger partial charge in [0.25, 0.3) is 0 Å². The smallest absolute Gasteiger partial charge is 0.389 e. The normalized spacial score (nSPS) is 11.3. The molecule has 0 aromatic carbocycles. The third-order valence-electron chi connectivity index (χ3n) is 1.99. The summed E-state index contributed by atoms with van der Waals surface area (Å²) >= 11 is 0. The van der Waals surface area contributed by atoms with Crippen LogP contribution in [0.25, 0.3) is 11.2 Å². The van der Waals surface area contributed by atoms with Crippen LogP contribution in [0.1, 0.15) is 25.3 Å². The lowest BCUT2D eigenvalue weighted by Crippen LogP contribution is -1.95. The van der Waals surface area contributed by atoms with Gasteiger partial charge in [0.1, 0.15) is 5.52 Å². The molecule has 2 aromatic heterocycles. The largest absolute Gasteiger partial charge is 0.418 e. The number of nitrogens with one attached hydrogen (secondary N) is 1. The maximum atomic E-state index is 10.9. The Kier molecular flexibility index (Phi) is 1.69. The van der Waals surface area contributed by atoms with Crippen molar-refractivity contribution in [3.05, 3.63) is 28.4 Å². The highest BCUT2D eigenvalue weighted by Gasteiger charge is 2.09. The quantitative estimate of drug-likeness (QED) is 0.722. The lowest BCUT2D eigenvalue weighted by molar-refractivity contribution is 0.545. The number of aromatic amines is 1. The van der Waals surface area contributed by atoms with E-state index in [0.29, 0.717) is 17.1 Å². The summed E-state index contributed by atoms with van der Waals surface area (Å²) in [7, 11) is 0. The molecule has 2 rings (SSSR count). The molecule has 68 valence electrons. The number of H-pyrrole nitrogens is 1. The maximum Gasteiger partial charge on any atom is 0.418 e. The first-order valence-corrected chi connectivity index (χ1v) is 4.16. The highest BCUT2D eigenvalue weighted by Crippen LogP contribution is 2.20. The van der Waals surface area contributed by atoms with Gasteiger partial charge in [0.05, 0.1) is 0 Å². The first-order chi connectivity index (χ1) is 6.18. The Morgan fingerprint density at radius 2 is 2.31 bits per heavy atom. The Morgan fingerprint density at radius 3 is 3.00 bits per heavy atom. The highest BCUT2D eigenvalue weighted by molar-refractivity contribution is 5.72. The Balaban J connectivity index is 2.82. The van der Waals surface area contributed by atoms with Crippen molar-refractivity contribution < 1.29 is 4.42 Å². The fourth-order valence-electron chi connectivity index (χ4n) is 1.36. The van der Waals surface area contributed by atoms with Gasteiger partial charge in [-0.3, -0.25) is 4.98 Å². The van der Waals surface area contributed by atoms with Crippen LogP contribution >= 0.6 is 0 Å². The molecule has 0 saturated heterocycles. The summed E-state index contributed by atoms with van der Waals surface area (Å²) in [4.78, 5) is 17.5. The van der Waals surface area contributed by atoms with E-state index in [0.717, 1.165) is 5.56 Å². The van der Waals surface area contributed by atoms with Crippen LogP contribution in [-0.4, -0.2) is 9.97 Å². The number of oxazole rings is 1.